The summed E-state index contributed by atoms with van der Waals surface area (Å²) in [5.74, 6) is 0. The Labute approximate surface area is 128 Å². The van der Waals surface area contributed by atoms with E-state index in [2.05, 4.69) is 39.9 Å². The van der Waals surface area contributed by atoms with Crippen molar-refractivity contribution in [3.05, 3.63) is 0 Å². The molecule has 5 heteroatoms. The zero-order chi connectivity index (χ0) is 15.7. The van der Waals surface area contributed by atoms with Crippen LogP contribution in [0, 0.1) is 10.8 Å². The molecule has 5 nitrogen and oxygen atoms in total. The van der Waals surface area contributed by atoms with E-state index in [1.54, 1.807) is 0 Å². The van der Waals surface area contributed by atoms with Crippen LogP contribution in [0.25, 0.3) is 0 Å². The number of ether oxygens (including phenoxy) is 4. The lowest BCUT2D eigenvalue weighted by Crippen LogP contribution is -2.59. The van der Waals surface area contributed by atoms with Gasteiger partial charge in [0.25, 0.3) is 0 Å². The average Bonchev–Trinajstić information content (AvgIpc) is 2.48. The molecule has 2 rings (SSSR count). The van der Waals surface area contributed by atoms with Gasteiger partial charge in [-0.05, 0) is 27.3 Å². The third kappa shape index (κ3) is 3.59. The lowest BCUT2D eigenvalue weighted by molar-refractivity contribution is -0.328. The Hall–Kier alpha value is -0.200. The Morgan fingerprint density at radius 3 is 1.71 bits per heavy atom. The standard InChI is InChI=1S/C16H31NO4/c1-7-14(2,3)12-18-8-16(9-19-12)10-20-13(21-11-16)15(4,5)17-6/h12-13,17H,7-11H2,1-6H3. The molecule has 0 atom stereocenters. The van der Waals surface area contributed by atoms with Crippen LogP contribution < -0.4 is 5.32 Å². The largest absolute Gasteiger partial charge is 0.351 e. The van der Waals surface area contributed by atoms with Crippen molar-refractivity contribution in [2.45, 2.75) is 59.2 Å². The highest BCUT2D eigenvalue weighted by atomic mass is 16.7. The van der Waals surface area contributed by atoms with Gasteiger partial charge in [-0.15, -0.1) is 0 Å². The van der Waals surface area contributed by atoms with Crippen molar-refractivity contribution >= 4 is 0 Å². The molecule has 1 N–H and O–H groups in total. The fraction of sp³-hybridized carbons (Fsp3) is 1.00. The van der Waals surface area contributed by atoms with Gasteiger partial charge < -0.3 is 24.3 Å². The number of nitrogens with one attached hydrogen (secondary N) is 1. The second-order valence-electron chi connectivity index (χ2n) is 7.72. The lowest BCUT2D eigenvalue weighted by atomic mass is 9.86. The molecule has 0 amide bonds. The first-order valence-corrected chi connectivity index (χ1v) is 7.90. The van der Waals surface area contributed by atoms with Crippen LogP contribution in [0.4, 0.5) is 0 Å². The minimum Gasteiger partial charge on any atom is -0.351 e. The molecule has 0 aromatic heterocycles. The Bertz CT molecular complexity index is 303. The summed E-state index contributed by atoms with van der Waals surface area (Å²) in [6, 6.07) is 0. The van der Waals surface area contributed by atoms with E-state index in [4.69, 9.17) is 18.9 Å². The molecule has 2 aliphatic rings. The SMILES string of the molecule is CCC(C)(C)C1OCC2(CO1)COC(C(C)(C)NC)OC2. The summed E-state index contributed by atoms with van der Waals surface area (Å²) in [5.41, 5.74) is -0.333. The van der Waals surface area contributed by atoms with Crippen LogP contribution in [-0.2, 0) is 18.9 Å². The van der Waals surface area contributed by atoms with E-state index < -0.39 is 0 Å². The first-order chi connectivity index (χ1) is 9.75. The van der Waals surface area contributed by atoms with Gasteiger partial charge in [0.2, 0.25) is 0 Å². The van der Waals surface area contributed by atoms with Crippen LogP contribution in [0.3, 0.4) is 0 Å². The second-order valence-corrected chi connectivity index (χ2v) is 7.72. The van der Waals surface area contributed by atoms with Gasteiger partial charge >= 0.3 is 0 Å². The van der Waals surface area contributed by atoms with Crippen LogP contribution in [-0.4, -0.2) is 51.6 Å². The summed E-state index contributed by atoms with van der Waals surface area (Å²) < 4.78 is 23.8. The molecule has 2 aliphatic heterocycles. The van der Waals surface area contributed by atoms with E-state index in [1.807, 2.05) is 7.05 Å². The molecule has 2 fully saturated rings. The van der Waals surface area contributed by atoms with Crippen molar-refractivity contribution in [3.8, 4) is 0 Å². The van der Waals surface area contributed by atoms with E-state index in [0.717, 1.165) is 6.42 Å². The van der Waals surface area contributed by atoms with Gasteiger partial charge in [0.05, 0.1) is 37.4 Å². The van der Waals surface area contributed by atoms with Crippen LogP contribution in [0.15, 0.2) is 0 Å². The fourth-order valence-electron chi connectivity index (χ4n) is 2.51. The smallest absolute Gasteiger partial charge is 0.175 e. The van der Waals surface area contributed by atoms with E-state index in [9.17, 15) is 0 Å². The molecule has 0 saturated carbocycles. The van der Waals surface area contributed by atoms with Crippen LogP contribution in [0.5, 0.6) is 0 Å². The highest BCUT2D eigenvalue weighted by molar-refractivity contribution is 4.90. The van der Waals surface area contributed by atoms with Gasteiger partial charge in [0, 0.05) is 5.41 Å². The predicted octanol–water partition coefficient (Wildman–Crippen LogP) is 2.15. The molecule has 0 aliphatic carbocycles. The third-order valence-corrected chi connectivity index (χ3v) is 4.95. The van der Waals surface area contributed by atoms with Gasteiger partial charge in [0.1, 0.15) is 0 Å². The van der Waals surface area contributed by atoms with Crippen molar-refractivity contribution in [2.24, 2.45) is 10.8 Å². The summed E-state index contributed by atoms with van der Waals surface area (Å²) in [6.45, 7) is 13.1. The Morgan fingerprint density at radius 2 is 1.33 bits per heavy atom. The Balaban J connectivity index is 1.89. The summed E-state index contributed by atoms with van der Waals surface area (Å²) in [6.07, 6.45) is 0.647. The normalized spacial score (nSPS) is 35.1. The maximum atomic E-state index is 5.98. The number of hydrogen-bond donors (Lipinski definition) is 1. The minimum atomic E-state index is -0.238. The van der Waals surface area contributed by atoms with Gasteiger partial charge in [0.15, 0.2) is 12.6 Å². The van der Waals surface area contributed by atoms with Crippen molar-refractivity contribution in [1.29, 1.82) is 0 Å². The lowest BCUT2D eigenvalue weighted by Gasteiger charge is -2.48. The quantitative estimate of drug-likeness (QED) is 0.862. The molecule has 0 radical (unpaired) electrons. The third-order valence-electron chi connectivity index (χ3n) is 4.95. The molecule has 2 saturated heterocycles. The molecule has 0 aromatic rings. The van der Waals surface area contributed by atoms with Crippen LogP contribution in [0.1, 0.15) is 41.0 Å². The molecular formula is C16H31NO4. The molecule has 1 spiro atoms. The Kier molecular flexibility index (Phi) is 5.01. The van der Waals surface area contributed by atoms with E-state index in [1.165, 1.54) is 0 Å². The molecule has 2 heterocycles. The maximum absolute atomic E-state index is 5.98. The van der Waals surface area contributed by atoms with Crippen molar-refractivity contribution in [1.82, 2.24) is 5.32 Å². The fourth-order valence-corrected chi connectivity index (χ4v) is 2.51. The summed E-state index contributed by atoms with van der Waals surface area (Å²) >= 11 is 0. The van der Waals surface area contributed by atoms with Gasteiger partial charge in [-0.2, -0.15) is 0 Å². The number of hydrogen-bond acceptors (Lipinski definition) is 5. The molecule has 21 heavy (non-hydrogen) atoms. The first-order valence-electron chi connectivity index (χ1n) is 7.90. The topological polar surface area (TPSA) is 49.0 Å². The zero-order valence-electron chi connectivity index (χ0n) is 14.3. The zero-order valence-corrected chi connectivity index (χ0v) is 14.3. The van der Waals surface area contributed by atoms with Crippen molar-refractivity contribution in [3.63, 3.8) is 0 Å². The predicted molar refractivity (Wildman–Crippen MR) is 81.0 cm³/mol. The molecule has 0 bridgehead atoms. The second kappa shape index (κ2) is 6.13. The number of likely N-dealkylation sites (N-methyl/N-ethyl adjacent to an activating group) is 1. The first kappa shape index (κ1) is 17.2. The highest BCUT2D eigenvalue weighted by Gasteiger charge is 2.47. The van der Waals surface area contributed by atoms with Gasteiger partial charge in [-0.25, -0.2) is 0 Å². The van der Waals surface area contributed by atoms with E-state index in [0.29, 0.717) is 26.4 Å². The molecule has 124 valence electrons. The molecular weight excluding hydrogens is 270 g/mol. The van der Waals surface area contributed by atoms with Crippen molar-refractivity contribution < 1.29 is 18.9 Å². The minimum absolute atomic E-state index is 0.0364. The number of rotatable bonds is 4. The van der Waals surface area contributed by atoms with Crippen LogP contribution >= 0.6 is 0 Å². The maximum Gasteiger partial charge on any atom is 0.175 e. The average molecular weight is 301 g/mol. The van der Waals surface area contributed by atoms with Gasteiger partial charge in [-0.3, -0.25) is 0 Å². The summed E-state index contributed by atoms with van der Waals surface area (Å²) in [4.78, 5) is 0. The highest BCUT2D eigenvalue weighted by Crippen LogP contribution is 2.37. The van der Waals surface area contributed by atoms with Crippen LogP contribution in [0.2, 0.25) is 0 Å². The van der Waals surface area contributed by atoms with Crippen molar-refractivity contribution in [2.75, 3.05) is 33.5 Å². The monoisotopic (exact) mass is 301 g/mol. The molecule has 0 aromatic carbocycles. The Morgan fingerprint density at radius 1 is 0.905 bits per heavy atom. The van der Waals surface area contributed by atoms with E-state index in [-0.39, 0.29) is 28.9 Å². The summed E-state index contributed by atoms with van der Waals surface area (Å²) in [7, 11) is 1.92. The summed E-state index contributed by atoms with van der Waals surface area (Å²) in [5, 5.41) is 3.22. The van der Waals surface area contributed by atoms with Gasteiger partial charge in [-0.1, -0.05) is 20.8 Å². The molecule has 0 unspecified atom stereocenters. The van der Waals surface area contributed by atoms with E-state index >= 15 is 0 Å².